The highest BCUT2D eigenvalue weighted by atomic mass is 35.5. The number of carbonyl (C=O) groups excluding carboxylic acids is 2. The highest BCUT2D eigenvalue weighted by Crippen LogP contribution is 2.26. The van der Waals surface area contributed by atoms with Crippen LogP contribution in [0.3, 0.4) is 0 Å². The maximum atomic E-state index is 13.4. The number of rotatable bonds is 9. The van der Waals surface area contributed by atoms with E-state index in [2.05, 4.69) is 5.32 Å². The number of hydrogen-bond donors (Lipinski definition) is 1. The zero-order valence-electron chi connectivity index (χ0n) is 19.3. The molecule has 1 fully saturated rings. The molecule has 2 aromatic rings. The lowest BCUT2D eigenvalue weighted by atomic mass is 9.95. The summed E-state index contributed by atoms with van der Waals surface area (Å²) in [5, 5.41) is 4.24. The molecule has 33 heavy (non-hydrogen) atoms. The van der Waals surface area contributed by atoms with E-state index < -0.39 is 6.04 Å². The van der Waals surface area contributed by atoms with Crippen LogP contribution in [0.5, 0.6) is 0 Å². The molecule has 0 saturated heterocycles. The molecular weight excluding hydrogens is 475 g/mol. The molecule has 1 aliphatic carbocycles. The molecule has 178 valence electrons. The van der Waals surface area contributed by atoms with Crippen molar-refractivity contribution in [2.24, 2.45) is 0 Å². The first-order valence-electron chi connectivity index (χ1n) is 11.6. The third kappa shape index (κ3) is 7.66. The van der Waals surface area contributed by atoms with Gasteiger partial charge in [0, 0.05) is 27.5 Å². The van der Waals surface area contributed by atoms with Crippen molar-refractivity contribution in [1.82, 2.24) is 10.2 Å². The molecule has 0 radical (unpaired) electrons. The fourth-order valence-electron chi connectivity index (χ4n) is 4.16. The molecule has 2 aromatic carbocycles. The van der Waals surface area contributed by atoms with Crippen molar-refractivity contribution >= 4 is 46.8 Å². The van der Waals surface area contributed by atoms with Crippen LogP contribution in [-0.4, -0.2) is 34.6 Å². The van der Waals surface area contributed by atoms with Gasteiger partial charge in [-0.15, -0.1) is 11.8 Å². The highest BCUT2D eigenvalue weighted by molar-refractivity contribution is 8.00. The summed E-state index contributed by atoms with van der Waals surface area (Å²) >= 11 is 14.0. The molecule has 7 heteroatoms. The van der Waals surface area contributed by atoms with Crippen LogP contribution >= 0.6 is 35.0 Å². The number of aryl methyl sites for hydroxylation is 1. The molecule has 1 aliphatic rings. The Morgan fingerprint density at radius 2 is 1.79 bits per heavy atom. The van der Waals surface area contributed by atoms with Gasteiger partial charge in [-0.1, -0.05) is 73.2 Å². The molecule has 3 rings (SSSR count). The van der Waals surface area contributed by atoms with Crippen molar-refractivity contribution < 1.29 is 9.59 Å². The molecule has 0 spiro atoms. The number of nitrogens with one attached hydrogen (secondary N) is 1. The predicted octanol–water partition coefficient (Wildman–Crippen LogP) is 6.65. The molecule has 1 atom stereocenters. The van der Waals surface area contributed by atoms with E-state index in [4.69, 9.17) is 23.2 Å². The van der Waals surface area contributed by atoms with Crippen LogP contribution in [0.15, 0.2) is 47.4 Å². The van der Waals surface area contributed by atoms with E-state index in [0.717, 1.165) is 36.1 Å². The summed E-state index contributed by atoms with van der Waals surface area (Å²) in [6.07, 6.45) is 6.03. The van der Waals surface area contributed by atoms with Crippen molar-refractivity contribution in [3.8, 4) is 0 Å². The number of hydrogen-bond acceptors (Lipinski definition) is 3. The lowest BCUT2D eigenvalue weighted by Crippen LogP contribution is -2.52. The van der Waals surface area contributed by atoms with E-state index in [1.165, 1.54) is 23.7 Å². The second-order valence-electron chi connectivity index (χ2n) is 8.63. The smallest absolute Gasteiger partial charge is 0.243 e. The average molecular weight is 508 g/mol. The number of halogens is 2. The number of amides is 2. The Balaban J connectivity index is 1.77. The van der Waals surface area contributed by atoms with Gasteiger partial charge in [-0.05, 0) is 56.0 Å². The molecule has 4 nitrogen and oxygen atoms in total. The van der Waals surface area contributed by atoms with E-state index >= 15 is 0 Å². The van der Waals surface area contributed by atoms with Crippen molar-refractivity contribution in [3.05, 3.63) is 63.6 Å². The molecule has 2 amide bonds. The van der Waals surface area contributed by atoms with Crippen molar-refractivity contribution in [3.63, 3.8) is 0 Å². The molecule has 0 aromatic heterocycles. The van der Waals surface area contributed by atoms with E-state index in [-0.39, 0.29) is 30.2 Å². The molecule has 0 bridgehead atoms. The SMILES string of the molecule is CC[C@@H](C(=O)NC1CCCCC1)N(Cc1ccc(Cl)cc1Cl)C(=O)CSc1ccc(C)cc1. The number of thioether (sulfide) groups is 1. The minimum atomic E-state index is -0.551. The minimum absolute atomic E-state index is 0.0804. The lowest BCUT2D eigenvalue weighted by molar-refractivity contribution is -0.139. The van der Waals surface area contributed by atoms with Crippen molar-refractivity contribution in [2.45, 2.75) is 75.9 Å². The number of benzene rings is 2. The van der Waals surface area contributed by atoms with E-state index in [1.54, 1.807) is 17.0 Å². The van der Waals surface area contributed by atoms with Gasteiger partial charge in [0.25, 0.3) is 0 Å². The van der Waals surface area contributed by atoms with Crippen LogP contribution in [-0.2, 0) is 16.1 Å². The Labute approximate surface area is 211 Å². The largest absolute Gasteiger partial charge is 0.352 e. The van der Waals surface area contributed by atoms with Gasteiger partial charge in [-0.25, -0.2) is 0 Å². The van der Waals surface area contributed by atoms with Gasteiger partial charge in [0.15, 0.2) is 0 Å². The number of nitrogens with zero attached hydrogens (tertiary/aromatic N) is 1. The van der Waals surface area contributed by atoms with Gasteiger partial charge < -0.3 is 10.2 Å². The lowest BCUT2D eigenvalue weighted by Gasteiger charge is -2.33. The third-order valence-electron chi connectivity index (χ3n) is 6.08. The zero-order valence-corrected chi connectivity index (χ0v) is 21.6. The quantitative estimate of drug-likeness (QED) is 0.387. The number of carbonyl (C=O) groups is 2. The van der Waals surface area contributed by atoms with Crippen LogP contribution in [0.25, 0.3) is 0 Å². The first-order valence-corrected chi connectivity index (χ1v) is 13.3. The summed E-state index contributed by atoms with van der Waals surface area (Å²) in [4.78, 5) is 29.4. The molecule has 1 N–H and O–H groups in total. The van der Waals surface area contributed by atoms with Crippen LogP contribution in [0.1, 0.15) is 56.6 Å². The van der Waals surface area contributed by atoms with Crippen molar-refractivity contribution in [2.75, 3.05) is 5.75 Å². The molecule has 1 saturated carbocycles. The Hall–Kier alpha value is -1.69. The maximum absolute atomic E-state index is 13.4. The summed E-state index contributed by atoms with van der Waals surface area (Å²) in [6, 6.07) is 13.0. The summed E-state index contributed by atoms with van der Waals surface area (Å²) in [5.41, 5.74) is 1.95. The molecule has 0 heterocycles. The Morgan fingerprint density at radius 3 is 2.42 bits per heavy atom. The first kappa shape index (κ1) is 25.9. The second kappa shape index (κ2) is 12.7. The summed E-state index contributed by atoms with van der Waals surface area (Å²) in [6.45, 7) is 4.25. The maximum Gasteiger partial charge on any atom is 0.243 e. The van der Waals surface area contributed by atoms with E-state index in [1.807, 2.05) is 44.2 Å². The van der Waals surface area contributed by atoms with Crippen molar-refractivity contribution in [1.29, 1.82) is 0 Å². The fourth-order valence-corrected chi connectivity index (χ4v) is 5.41. The molecule has 0 aliphatic heterocycles. The van der Waals surface area contributed by atoms with Gasteiger partial charge >= 0.3 is 0 Å². The zero-order chi connectivity index (χ0) is 23.8. The minimum Gasteiger partial charge on any atom is -0.352 e. The summed E-state index contributed by atoms with van der Waals surface area (Å²) in [7, 11) is 0. The Kier molecular flexibility index (Phi) is 9.96. The first-order chi connectivity index (χ1) is 15.9. The second-order valence-corrected chi connectivity index (χ2v) is 10.5. The third-order valence-corrected chi connectivity index (χ3v) is 7.66. The highest BCUT2D eigenvalue weighted by Gasteiger charge is 2.30. The van der Waals surface area contributed by atoms with Crippen LogP contribution in [0, 0.1) is 6.92 Å². The normalized spacial score (nSPS) is 15.2. The van der Waals surface area contributed by atoms with E-state index in [0.29, 0.717) is 16.5 Å². The predicted molar refractivity (Wildman–Crippen MR) is 138 cm³/mol. The van der Waals surface area contributed by atoms with Gasteiger partial charge in [-0.3, -0.25) is 9.59 Å². The van der Waals surface area contributed by atoms with Gasteiger partial charge in [-0.2, -0.15) is 0 Å². The molecular formula is C26H32Cl2N2O2S. The summed E-state index contributed by atoms with van der Waals surface area (Å²) in [5.74, 6) is 0.0852. The van der Waals surface area contributed by atoms with Crippen LogP contribution in [0.2, 0.25) is 10.0 Å². The van der Waals surface area contributed by atoms with Crippen LogP contribution < -0.4 is 5.32 Å². The topological polar surface area (TPSA) is 49.4 Å². The van der Waals surface area contributed by atoms with Crippen LogP contribution in [0.4, 0.5) is 0 Å². The standard InChI is InChI=1S/C26H32Cl2N2O2S/c1-3-24(26(32)29-21-7-5-4-6-8-21)30(16-19-11-12-20(27)15-23(19)28)25(31)17-33-22-13-9-18(2)10-14-22/h9-15,21,24H,3-8,16-17H2,1-2H3,(H,29,32)/t24-/m0/s1. The van der Waals surface area contributed by atoms with Gasteiger partial charge in [0.05, 0.1) is 5.75 Å². The Bertz CT molecular complexity index is 946. The molecule has 0 unspecified atom stereocenters. The van der Waals surface area contributed by atoms with Gasteiger partial charge in [0.2, 0.25) is 11.8 Å². The van der Waals surface area contributed by atoms with E-state index in [9.17, 15) is 9.59 Å². The Morgan fingerprint density at radius 1 is 1.09 bits per heavy atom. The average Bonchev–Trinajstić information content (AvgIpc) is 2.80. The fraction of sp³-hybridized carbons (Fsp3) is 0.462. The summed E-state index contributed by atoms with van der Waals surface area (Å²) < 4.78 is 0. The monoisotopic (exact) mass is 506 g/mol. The van der Waals surface area contributed by atoms with Gasteiger partial charge in [0.1, 0.15) is 6.04 Å².